The van der Waals surface area contributed by atoms with Crippen LogP contribution in [0.2, 0.25) is 0 Å². The summed E-state index contributed by atoms with van der Waals surface area (Å²) in [5.41, 5.74) is 0.629. The van der Waals surface area contributed by atoms with Crippen LogP contribution in [0.1, 0.15) is 30.1 Å². The van der Waals surface area contributed by atoms with Crippen molar-refractivity contribution < 1.29 is 27.9 Å². The second kappa shape index (κ2) is 7.63. The molecule has 0 aromatic heterocycles. The summed E-state index contributed by atoms with van der Waals surface area (Å²) < 4.78 is 30.5. The SMILES string of the molecule is CCOC(=O)c1ccc(NS(=O)(=O)CCCC(=O)O)cc1. The predicted octanol–water partition coefficient (Wildman–Crippen LogP) is 1.47. The van der Waals surface area contributed by atoms with Gasteiger partial charge in [0.05, 0.1) is 17.9 Å². The fraction of sp³-hybridized carbons (Fsp3) is 0.385. The number of carbonyl (C=O) groups is 2. The van der Waals surface area contributed by atoms with E-state index in [2.05, 4.69) is 4.72 Å². The Morgan fingerprint density at radius 2 is 1.86 bits per heavy atom. The lowest BCUT2D eigenvalue weighted by molar-refractivity contribution is -0.137. The van der Waals surface area contributed by atoms with Gasteiger partial charge in [-0.2, -0.15) is 0 Å². The van der Waals surface area contributed by atoms with Crippen molar-refractivity contribution in [1.29, 1.82) is 0 Å². The molecule has 0 aliphatic rings. The zero-order valence-corrected chi connectivity index (χ0v) is 12.4. The number of nitrogens with one attached hydrogen (secondary N) is 1. The molecule has 1 aromatic rings. The normalized spacial score (nSPS) is 10.9. The number of carbonyl (C=O) groups excluding carboxylic acids is 1. The number of carboxylic acids is 1. The topological polar surface area (TPSA) is 110 Å². The summed E-state index contributed by atoms with van der Waals surface area (Å²) >= 11 is 0. The van der Waals surface area contributed by atoms with Crippen molar-refractivity contribution >= 4 is 27.6 Å². The summed E-state index contributed by atoms with van der Waals surface area (Å²) in [7, 11) is -3.60. The fourth-order valence-electron chi connectivity index (χ4n) is 1.53. The number of hydrogen-bond donors (Lipinski definition) is 2. The van der Waals surface area contributed by atoms with Crippen LogP contribution in [0, 0.1) is 0 Å². The lowest BCUT2D eigenvalue weighted by Gasteiger charge is -2.08. The van der Waals surface area contributed by atoms with Gasteiger partial charge in [0.2, 0.25) is 10.0 Å². The molecule has 0 heterocycles. The fourth-order valence-corrected chi connectivity index (χ4v) is 2.65. The highest BCUT2D eigenvalue weighted by Crippen LogP contribution is 2.13. The van der Waals surface area contributed by atoms with E-state index >= 15 is 0 Å². The Morgan fingerprint density at radius 1 is 1.24 bits per heavy atom. The highest BCUT2D eigenvalue weighted by atomic mass is 32.2. The van der Waals surface area contributed by atoms with Gasteiger partial charge in [-0.15, -0.1) is 0 Å². The van der Waals surface area contributed by atoms with Gasteiger partial charge in [0.25, 0.3) is 0 Å². The minimum absolute atomic E-state index is 0.0333. The minimum Gasteiger partial charge on any atom is -0.481 e. The molecule has 0 spiro atoms. The number of esters is 1. The number of rotatable bonds is 8. The van der Waals surface area contributed by atoms with Crippen LogP contribution in [0.4, 0.5) is 5.69 Å². The standard InChI is InChI=1S/C13H17NO6S/c1-2-20-13(17)10-5-7-11(8-6-10)14-21(18,19)9-3-4-12(15)16/h5-8,14H,2-4,9H2,1H3,(H,15,16). The van der Waals surface area contributed by atoms with Gasteiger partial charge in [0, 0.05) is 12.1 Å². The van der Waals surface area contributed by atoms with Crippen LogP contribution in [0.15, 0.2) is 24.3 Å². The molecular weight excluding hydrogens is 298 g/mol. The van der Waals surface area contributed by atoms with Crippen molar-refractivity contribution in [1.82, 2.24) is 0 Å². The van der Waals surface area contributed by atoms with E-state index < -0.39 is 22.0 Å². The van der Waals surface area contributed by atoms with Gasteiger partial charge in [-0.25, -0.2) is 13.2 Å². The smallest absolute Gasteiger partial charge is 0.338 e. The van der Waals surface area contributed by atoms with Crippen LogP contribution in [0.5, 0.6) is 0 Å². The molecule has 21 heavy (non-hydrogen) atoms. The second-order valence-corrected chi connectivity index (χ2v) is 6.06. The maximum atomic E-state index is 11.7. The molecule has 8 heteroatoms. The van der Waals surface area contributed by atoms with Crippen LogP contribution in [-0.2, 0) is 19.6 Å². The van der Waals surface area contributed by atoms with E-state index in [1.165, 1.54) is 24.3 Å². The van der Waals surface area contributed by atoms with E-state index in [1.807, 2.05) is 0 Å². The van der Waals surface area contributed by atoms with Crippen molar-refractivity contribution in [2.24, 2.45) is 0 Å². The Morgan fingerprint density at radius 3 is 2.38 bits per heavy atom. The van der Waals surface area contributed by atoms with E-state index in [9.17, 15) is 18.0 Å². The van der Waals surface area contributed by atoms with Crippen LogP contribution in [-0.4, -0.2) is 37.8 Å². The molecule has 1 aromatic carbocycles. The van der Waals surface area contributed by atoms with Gasteiger partial charge < -0.3 is 9.84 Å². The lowest BCUT2D eigenvalue weighted by Crippen LogP contribution is -2.17. The molecular formula is C13H17NO6S. The number of hydrogen-bond acceptors (Lipinski definition) is 5. The van der Waals surface area contributed by atoms with Gasteiger partial charge >= 0.3 is 11.9 Å². The van der Waals surface area contributed by atoms with Crippen LogP contribution >= 0.6 is 0 Å². The molecule has 116 valence electrons. The quantitative estimate of drug-likeness (QED) is 0.703. The summed E-state index contributed by atoms with van der Waals surface area (Å²) in [5.74, 6) is -1.80. The Bertz CT molecular complexity index is 594. The minimum atomic E-state index is -3.60. The average Bonchev–Trinajstić information content (AvgIpc) is 2.38. The number of aliphatic carboxylic acids is 1. The number of sulfonamides is 1. The Balaban J connectivity index is 2.62. The molecule has 0 aliphatic carbocycles. The molecule has 0 fully saturated rings. The highest BCUT2D eigenvalue weighted by Gasteiger charge is 2.12. The van der Waals surface area contributed by atoms with Gasteiger partial charge in [0.15, 0.2) is 0 Å². The predicted molar refractivity (Wildman–Crippen MR) is 76.7 cm³/mol. The van der Waals surface area contributed by atoms with Gasteiger partial charge in [-0.1, -0.05) is 0 Å². The summed E-state index contributed by atoms with van der Waals surface area (Å²) in [4.78, 5) is 21.8. The van der Waals surface area contributed by atoms with Gasteiger partial charge in [0.1, 0.15) is 0 Å². The molecule has 0 amide bonds. The first-order chi connectivity index (χ1) is 9.84. The highest BCUT2D eigenvalue weighted by molar-refractivity contribution is 7.92. The summed E-state index contributed by atoms with van der Waals surface area (Å²) in [6, 6.07) is 5.79. The molecule has 0 bridgehead atoms. The van der Waals surface area contributed by atoms with Crippen molar-refractivity contribution in [3.05, 3.63) is 29.8 Å². The molecule has 0 saturated carbocycles. The van der Waals surface area contributed by atoms with E-state index in [1.54, 1.807) is 6.92 Å². The molecule has 0 radical (unpaired) electrons. The zero-order chi connectivity index (χ0) is 15.9. The third-order valence-electron chi connectivity index (χ3n) is 2.47. The van der Waals surface area contributed by atoms with E-state index in [4.69, 9.17) is 9.84 Å². The van der Waals surface area contributed by atoms with Gasteiger partial charge in [-0.05, 0) is 37.6 Å². The Hall–Kier alpha value is -2.09. The largest absolute Gasteiger partial charge is 0.481 e. The molecule has 2 N–H and O–H groups in total. The van der Waals surface area contributed by atoms with Crippen molar-refractivity contribution in [3.8, 4) is 0 Å². The van der Waals surface area contributed by atoms with E-state index in [0.717, 1.165) is 0 Å². The zero-order valence-electron chi connectivity index (χ0n) is 11.5. The lowest BCUT2D eigenvalue weighted by atomic mass is 10.2. The third kappa shape index (κ3) is 6.26. The first-order valence-electron chi connectivity index (χ1n) is 6.33. The summed E-state index contributed by atoms with van der Waals surface area (Å²) in [6.45, 7) is 1.95. The maximum Gasteiger partial charge on any atom is 0.338 e. The number of carboxylic acid groups (broad SMARTS) is 1. The molecule has 0 aliphatic heterocycles. The third-order valence-corrected chi connectivity index (χ3v) is 3.85. The molecule has 0 saturated heterocycles. The first kappa shape index (κ1) is 17.0. The van der Waals surface area contributed by atoms with Crippen molar-refractivity contribution in [3.63, 3.8) is 0 Å². The van der Waals surface area contributed by atoms with E-state index in [0.29, 0.717) is 11.3 Å². The first-order valence-corrected chi connectivity index (χ1v) is 7.99. The van der Waals surface area contributed by atoms with Crippen molar-refractivity contribution in [2.45, 2.75) is 19.8 Å². The van der Waals surface area contributed by atoms with Crippen LogP contribution in [0.25, 0.3) is 0 Å². The maximum absolute atomic E-state index is 11.7. The number of anilines is 1. The summed E-state index contributed by atoms with van der Waals surface area (Å²) in [5, 5.41) is 8.47. The Kier molecular flexibility index (Phi) is 6.16. The van der Waals surface area contributed by atoms with Crippen LogP contribution < -0.4 is 4.72 Å². The van der Waals surface area contributed by atoms with E-state index in [-0.39, 0.29) is 25.2 Å². The molecule has 7 nitrogen and oxygen atoms in total. The Labute approximate surface area is 123 Å². The number of ether oxygens (including phenoxy) is 1. The molecule has 1 rings (SSSR count). The second-order valence-electron chi connectivity index (χ2n) is 4.22. The number of benzene rings is 1. The van der Waals surface area contributed by atoms with Crippen molar-refractivity contribution in [2.75, 3.05) is 17.1 Å². The molecule has 0 atom stereocenters. The average molecular weight is 315 g/mol. The monoisotopic (exact) mass is 315 g/mol. The molecule has 0 unspecified atom stereocenters. The van der Waals surface area contributed by atoms with Gasteiger partial charge in [-0.3, -0.25) is 9.52 Å². The summed E-state index contributed by atoms with van der Waals surface area (Å²) in [6.07, 6.45) is -0.172. The van der Waals surface area contributed by atoms with Crippen LogP contribution in [0.3, 0.4) is 0 Å².